The molecule has 0 atom stereocenters. The lowest BCUT2D eigenvalue weighted by atomic mass is 10.2. The van der Waals surface area contributed by atoms with Crippen LogP contribution in [-0.2, 0) is 11.3 Å². The van der Waals surface area contributed by atoms with Crippen LogP contribution in [-0.4, -0.2) is 17.1 Å². The molecule has 2 rings (SSSR count). The first-order valence-electron chi connectivity index (χ1n) is 5.29. The molecule has 0 aliphatic rings. The van der Waals surface area contributed by atoms with Gasteiger partial charge in [-0.15, -0.1) is 0 Å². The number of hydrogen-bond acceptors (Lipinski definition) is 3. The lowest BCUT2D eigenvalue weighted by Gasteiger charge is -2.08. The van der Waals surface area contributed by atoms with Gasteiger partial charge in [0.2, 0.25) is 0 Å². The van der Waals surface area contributed by atoms with E-state index in [0.717, 1.165) is 12.1 Å². The molecule has 0 fully saturated rings. The molecule has 1 heterocycles. The highest BCUT2D eigenvalue weighted by Gasteiger charge is 2.16. The molecule has 0 unspecified atom stereocenters. The molecule has 0 spiro atoms. The van der Waals surface area contributed by atoms with Gasteiger partial charge in [-0.2, -0.15) is 0 Å². The minimum atomic E-state index is -1.55. The second kappa shape index (κ2) is 6.07. The van der Waals surface area contributed by atoms with Gasteiger partial charge in [-0.05, 0) is 28.1 Å². The summed E-state index contributed by atoms with van der Waals surface area (Å²) in [5.41, 5.74) is 0.390. The largest absolute Gasteiger partial charge is 0.378 e. The maximum Gasteiger partial charge on any atom is 0.194 e. The van der Waals surface area contributed by atoms with Gasteiger partial charge in [0, 0.05) is 12.7 Å². The fourth-order valence-corrected chi connectivity index (χ4v) is 1.99. The molecule has 8 heteroatoms. The zero-order valence-corrected chi connectivity index (χ0v) is 12.4. The molecule has 0 saturated heterocycles. The monoisotopic (exact) mass is 366 g/mol. The van der Waals surface area contributed by atoms with Gasteiger partial charge in [0.1, 0.15) is 5.15 Å². The van der Waals surface area contributed by atoms with Gasteiger partial charge in [0.05, 0.1) is 16.8 Å². The molecule has 0 aliphatic carbocycles. The molecule has 0 N–H and O–H groups in total. The third-order valence-corrected chi connectivity index (χ3v) is 3.74. The zero-order valence-electron chi connectivity index (χ0n) is 10.1. The molecule has 3 nitrogen and oxygen atoms in total. The molecule has 106 valence electrons. The Labute approximate surface area is 125 Å². The summed E-state index contributed by atoms with van der Waals surface area (Å²) in [6.45, 7) is 0.127. The molecule has 0 saturated carbocycles. The number of halogens is 5. The van der Waals surface area contributed by atoms with Crippen molar-refractivity contribution in [3.05, 3.63) is 44.9 Å². The number of benzene rings is 1. The predicted octanol–water partition coefficient (Wildman–Crippen LogP) is 4.12. The summed E-state index contributed by atoms with van der Waals surface area (Å²) in [6.07, 6.45) is 0. The molecule has 1 aromatic heterocycles. The van der Waals surface area contributed by atoms with Crippen molar-refractivity contribution in [2.75, 3.05) is 7.11 Å². The number of hydrogen-bond donors (Lipinski definition) is 0. The number of nitrogens with zero attached hydrogens (tertiary/aromatic N) is 2. The molecule has 2 aromatic rings. The van der Waals surface area contributed by atoms with Crippen LogP contribution >= 0.6 is 27.5 Å². The summed E-state index contributed by atoms with van der Waals surface area (Å²) in [7, 11) is 1.46. The Morgan fingerprint density at radius 2 is 1.80 bits per heavy atom. The summed E-state index contributed by atoms with van der Waals surface area (Å²) < 4.78 is 44.7. The van der Waals surface area contributed by atoms with Crippen LogP contribution in [0.3, 0.4) is 0 Å². The Balaban J connectivity index is 2.58. The number of ether oxygens (including phenoxy) is 1. The maximum atomic E-state index is 13.2. The summed E-state index contributed by atoms with van der Waals surface area (Å²) in [6, 6.07) is 1.60. The maximum absolute atomic E-state index is 13.2. The van der Waals surface area contributed by atoms with E-state index in [2.05, 4.69) is 25.9 Å². The summed E-state index contributed by atoms with van der Waals surface area (Å²) in [5.74, 6) is -4.22. The predicted molar refractivity (Wildman–Crippen MR) is 70.8 cm³/mol. The third-order valence-electron chi connectivity index (χ3n) is 2.40. The van der Waals surface area contributed by atoms with Crippen molar-refractivity contribution in [3.63, 3.8) is 0 Å². The Bertz CT molecular complexity index is 646. The number of aromatic nitrogens is 2. The van der Waals surface area contributed by atoms with E-state index in [4.69, 9.17) is 16.3 Å². The topological polar surface area (TPSA) is 35.0 Å². The normalized spacial score (nSPS) is 10.9. The van der Waals surface area contributed by atoms with Crippen LogP contribution in [0.5, 0.6) is 0 Å². The van der Waals surface area contributed by atoms with Gasteiger partial charge in [-0.1, -0.05) is 11.6 Å². The lowest BCUT2D eigenvalue weighted by molar-refractivity contribution is 0.181. The SMILES string of the molecule is COCc1nc(-c2cc(F)c(F)c(F)c2)nc(Cl)c1Br. The first-order valence-corrected chi connectivity index (χ1v) is 6.47. The van der Waals surface area contributed by atoms with Crippen LogP contribution in [0.4, 0.5) is 13.2 Å². The molecule has 1 aromatic carbocycles. The molecule has 0 aliphatic heterocycles. The van der Waals surface area contributed by atoms with E-state index in [1.807, 2.05) is 0 Å². The van der Waals surface area contributed by atoms with E-state index < -0.39 is 17.5 Å². The number of methoxy groups -OCH3 is 1. The van der Waals surface area contributed by atoms with E-state index in [-0.39, 0.29) is 23.1 Å². The van der Waals surface area contributed by atoms with Crippen LogP contribution in [0.15, 0.2) is 16.6 Å². The first-order chi connectivity index (χ1) is 9.43. The van der Waals surface area contributed by atoms with Crippen LogP contribution < -0.4 is 0 Å². The minimum Gasteiger partial charge on any atom is -0.378 e. The van der Waals surface area contributed by atoms with Gasteiger partial charge >= 0.3 is 0 Å². The fourth-order valence-electron chi connectivity index (χ4n) is 1.51. The van der Waals surface area contributed by atoms with E-state index in [0.29, 0.717) is 10.2 Å². The van der Waals surface area contributed by atoms with Crippen LogP contribution in [0, 0.1) is 17.5 Å². The van der Waals surface area contributed by atoms with Crippen molar-refractivity contribution >= 4 is 27.5 Å². The summed E-state index contributed by atoms with van der Waals surface area (Å²) in [4.78, 5) is 7.98. The highest BCUT2D eigenvalue weighted by Crippen LogP contribution is 2.28. The standard InChI is InChI=1S/C12H7BrClF3N2O/c1-20-4-8-9(13)11(14)19-12(18-8)5-2-6(15)10(17)7(16)3-5/h2-3H,4H2,1H3. The van der Waals surface area contributed by atoms with Crippen molar-refractivity contribution in [1.29, 1.82) is 0 Å². The summed E-state index contributed by atoms with van der Waals surface area (Å²) >= 11 is 9.08. The molecule has 0 bridgehead atoms. The van der Waals surface area contributed by atoms with Crippen LogP contribution in [0.2, 0.25) is 5.15 Å². The van der Waals surface area contributed by atoms with Gasteiger partial charge in [0.15, 0.2) is 23.3 Å². The van der Waals surface area contributed by atoms with Crippen molar-refractivity contribution in [2.24, 2.45) is 0 Å². The smallest absolute Gasteiger partial charge is 0.194 e. The van der Waals surface area contributed by atoms with Crippen molar-refractivity contribution < 1.29 is 17.9 Å². The zero-order chi connectivity index (χ0) is 14.9. The van der Waals surface area contributed by atoms with Gasteiger partial charge < -0.3 is 4.74 Å². The Kier molecular flexibility index (Phi) is 4.62. The van der Waals surface area contributed by atoms with Crippen molar-refractivity contribution in [1.82, 2.24) is 9.97 Å². The lowest BCUT2D eigenvalue weighted by Crippen LogP contribution is -2.01. The third kappa shape index (κ3) is 2.94. The molecular formula is C12H7BrClF3N2O. The average molecular weight is 368 g/mol. The Morgan fingerprint density at radius 3 is 2.35 bits per heavy atom. The highest BCUT2D eigenvalue weighted by atomic mass is 79.9. The minimum absolute atomic E-state index is 0.0202. The molecule has 0 radical (unpaired) electrons. The average Bonchev–Trinajstić information content (AvgIpc) is 2.40. The van der Waals surface area contributed by atoms with Crippen molar-refractivity contribution in [2.45, 2.75) is 6.61 Å². The molecule has 20 heavy (non-hydrogen) atoms. The van der Waals surface area contributed by atoms with E-state index in [1.165, 1.54) is 7.11 Å². The van der Waals surface area contributed by atoms with Gasteiger partial charge in [-0.3, -0.25) is 0 Å². The summed E-state index contributed by atoms with van der Waals surface area (Å²) in [5, 5.41) is 0.0622. The highest BCUT2D eigenvalue weighted by molar-refractivity contribution is 9.10. The number of rotatable bonds is 3. The van der Waals surface area contributed by atoms with E-state index in [9.17, 15) is 13.2 Å². The fraction of sp³-hybridized carbons (Fsp3) is 0.167. The van der Waals surface area contributed by atoms with Crippen LogP contribution in [0.1, 0.15) is 5.69 Å². The van der Waals surface area contributed by atoms with Crippen molar-refractivity contribution in [3.8, 4) is 11.4 Å². The molecule has 0 amide bonds. The van der Waals surface area contributed by atoms with Gasteiger partial charge in [-0.25, -0.2) is 23.1 Å². The van der Waals surface area contributed by atoms with Crippen LogP contribution in [0.25, 0.3) is 11.4 Å². The Hall–Kier alpha value is -1.18. The van der Waals surface area contributed by atoms with Gasteiger partial charge in [0.25, 0.3) is 0 Å². The quantitative estimate of drug-likeness (QED) is 0.604. The second-order valence-corrected chi connectivity index (χ2v) is 4.94. The second-order valence-electron chi connectivity index (χ2n) is 3.79. The first kappa shape index (κ1) is 15.2. The Morgan fingerprint density at radius 1 is 1.20 bits per heavy atom. The van der Waals surface area contributed by atoms with E-state index >= 15 is 0 Å². The molecular weight excluding hydrogens is 360 g/mol. The van der Waals surface area contributed by atoms with E-state index in [1.54, 1.807) is 0 Å².